The molecule has 1 aliphatic rings. The number of carbonyl (C=O) groups is 2. The van der Waals surface area contributed by atoms with Crippen LogP contribution in [0.5, 0.6) is 0 Å². The quantitative estimate of drug-likeness (QED) is 0.879. The minimum Gasteiger partial charge on any atom is -0.368 e. The Morgan fingerprint density at radius 2 is 1.63 bits per heavy atom. The number of carbonyl (C=O) groups excluding carboxylic acids is 2. The molecule has 142 valence electrons. The van der Waals surface area contributed by atoms with Crippen molar-refractivity contribution in [1.82, 2.24) is 4.90 Å². The second-order valence-corrected chi connectivity index (χ2v) is 6.93. The number of benzene rings is 2. The van der Waals surface area contributed by atoms with Crippen LogP contribution in [0.2, 0.25) is 0 Å². The van der Waals surface area contributed by atoms with Crippen LogP contribution in [0, 0.1) is 6.92 Å². The molecule has 0 atom stereocenters. The molecular weight excluding hydrogens is 338 g/mol. The van der Waals surface area contributed by atoms with Crippen LogP contribution in [0.1, 0.15) is 35.7 Å². The van der Waals surface area contributed by atoms with Crippen LogP contribution in [-0.4, -0.2) is 42.9 Å². The maximum Gasteiger partial charge on any atom is 0.255 e. The summed E-state index contributed by atoms with van der Waals surface area (Å²) in [6, 6.07) is 15.5. The minimum absolute atomic E-state index is 0.0936. The van der Waals surface area contributed by atoms with Gasteiger partial charge in [-0.2, -0.15) is 0 Å². The largest absolute Gasteiger partial charge is 0.368 e. The fraction of sp³-hybridized carbons (Fsp3) is 0.364. The molecule has 0 aliphatic carbocycles. The molecule has 0 radical (unpaired) electrons. The van der Waals surface area contributed by atoms with Crippen molar-refractivity contribution in [2.24, 2.45) is 0 Å². The molecular formula is C22H27N3O2. The minimum atomic E-state index is -0.0936. The van der Waals surface area contributed by atoms with Gasteiger partial charge in [0, 0.05) is 49.5 Å². The fourth-order valence-corrected chi connectivity index (χ4v) is 3.37. The van der Waals surface area contributed by atoms with Gasteiger partial charge in [-0.25, -0.2) is 0 Å². The molecule has 0 unspecified atom stereocenters. The lowest BCUT2D eigenvalue weighted by molar-refractivity contribution is -0.131. The van der Waals surface area contributed by atoms with Gasteiger partial charge >= 0.3 is 0 Å². The molecule has 27 heavy (non-hydrogen) atoms. The molecule has 1 heterocycles. The first-order valence-corrected chi connectivity index (χ1v) is 9.58. The van der Waals surface area contributed by atoms with Crippen LogP contribution >= 0.6 is 0 Å². The van der Waals surface area contributed by atoms with E-state index in [-0.39, 0.29) is 11.8 Å². The Bertz CT molecular complexity index is 793. The molecule has 1 aliphatic heterocycles. The Kier molecular flexibility index (Phi) is 6.12. The van der Waals surface area contributed by atoms with Crippen LogP contribution in [-0.2, 0) is 4.79 Å². The van der Waals surface area contributed by atoms with Crippen LogP contribution in [0.4, 0.5) is 11.4 Å². The first kappa shape index (κ1) is 19.0. The van der Waals surface area contributed by atoms with E-state index in [1.165, 1.54) is 0 Å². The molecule has 2 amide bonds. The molecule has 1 N–H and O–H groups in total. The number of nitrogens with one attached hydrogen (secondary N) is 1. The van der Waals surface area contributed by atoms with E-state index in [0.717, 1.165) is 49.5 Å². The maximum atomic E-state index is 12.4. The molecule has 0 aromatic heterocycles. The van der Waals surface area contributed by atoms with Gasteiger partial charge in [0.15, 0.2) is 0 Å². The van der Waals surface area contributed by atoms with E-state index in [1.807, 2.05) is 67.3 Å². The predicted octanol–water partition coefficient (Wildman–Crippen LogP) is 3.70. The van der Waals surface area contributed by atoms with Crippen molar-refractivity contribution < 1.29 is 9.59 Å². The number of nitrogens with zero attached hydrogens (tertiary/aromatic N) is 2. The van der Waals surface area contributed by atoms with Gasteiger partial charge in [0.05, 0.1) is 0 Å². The third-order valence-electron chi connectivity index (χ3n) is 4.98. The average Bonchev–Trinajstić information content (AvgIpc) is 2.69. The Labute approximate surface area is 161 Å². The smallest absolute Gasteiger partial charge is 0.255 e. The number of amides is 2. The van der Waals surface area contributed by atoms with Crippen molar-refractivity contribution in [3.05, 3.63) is 59.7 Å². The summed E-state index contributed by atoms with van der Waals surface area (Å²) in [6.45, 7) is 7.18. The molecule has 0 bridgehead atoms. The average molecular weight is 365 g/mol. The first-order chi connectivity index (χ1) is 13.1. The summed E-state index contributed by atoms with van der Waals surface area (Å²) in [4.78, 5) is 28.6. The number of hydrogen-bond acceptors (Lipinski definition) is 3. The van der Waals surface area contributed by atoms with Crippen molar-refractivity contribution in [2.75, 3.05) is 36.4 Å². The molecule has 2 aromatic rings. The lowest BCUT2D eigenvalue weighted by Crippen LogP contribution is -2.48. The SMILES string of the molecule is CCCC(=O)N1CCN(c2ccc(NC(=O)c3ccccc3C)cc2)CC1. The topological polar surface area (TPSA) is 52.7 Å². The zero-order valence-corrected chi connectivity index (χ0v) is 16.1. The Hall–Kier alpha value is -2.82. The van der Waals surface area contributed by atoms with Gasteiger partial charge in [0.25, 0.3) is 5.91 Å². The summed E-state index contributed by atoms with van der Waals surface area (Å²) >= 11 is 0. The zero-order valence-electron chi connectivity index (χ0n) is 16.1. The molecule has 5 nitrogen and oxygen atoms in total. The molecule has 1 saturated heterocycles. The number of piperazine rings is 1. The van der Waals surface area contributed by atoms with Crippen LogP contribution in [0.3, 0.4) is 0 Å². The van der Waals surface area contributed by atoms with E-state index in [2.05, 4.69) is 10.2 Å². The summed E-state index contributed by atoms with van der Waals surface area (Å²) < 4.78 is 0. The lowest BCUT2D eigenvalue weighted by Gasteiger charge is -2.36. The van der Waals surface area contributed by atoms with E-state index in [0.29, 0.717) is 12.0 Å². The summed E-state index contributed by atoms with van der Waals surface area (Å²) in [7, 11) is 0. The maximum absolute atomic E-state index is 12.4. The summed E-state index contributed by atoms with van der Waals surface area (Å²) in [5.74, 6) is 0.162. The number of anilines is 2. The molecule has 0 saturated carbocycles. The number of aryl methyl sites for hydroxylation is 1. The third-order valence-corrected chi connectivity index (χ3v) is 4.98. The van der Waals surface area contributed by atoms with Gasteiger partial charge < -0.3 is 15.1 Å². The monoisotopic (exact) mass is 365 g/mol. The highest BCUT2D eigenvalue weighted by Crippen LogP contribution is 2.20. The van der Waals surface area contributed by atoms with Crippen molar-refractivity contribution in [2.45, 2.75) is 26.7 Å². The van der Waals surface area contributed by atoms with Gasteiger partial charge in [-0.15, -0.1) is 0 Å². The van der Waals surface area contributed by atoms with Crippen LogP contribution in [0.15, 0.2) is 48.5 Å². The summed E-state index contributed by atoms with van der Waals surface area (Å²) in [5, 5.41) is 2.95. The van der Waals surface area contributed by atoms with Crippen molar-refractivity contribution in [3.8, 4) is 0 Å². The van der Waals surface area contributed by atoms with Gasteiger partial charge in [-0.1, -0.05) is 25.1 Å². The number of hydrogen-bond donors (Lipinski definition) is 1. The predicted molar refractivity (Wildman–Crippen MR) is 109 cm³/mol. The summed E-state index contributed by atoms with van der Waals surface area (Å²) in [6.07, 6.45) is 1.53. The van der Waals surface area contributed by atoms with Crippen molar-refractivity contribution in [3.63, 3.8) is 0 Å². The second kappa shape index (κ2) is 8.71. The second-order valence-electron chi connectivity index (χ2n) is 6.93. The lowest BCUT2D eigenvalue weighted by atomic mass is 10.1. The fourth-order valence-electron chi connectivity index (χ4n) is 3.37. The van der Waals surface area contributed by atoms with Gasteiger partial charge in [0.1, 0.15) is 0 Å². The molecule has 1 fully saturated rings. The Balaban J connectivity index is 1.57. The van der Waals surface area contributed by atoms with E-state index < -0.39 is 0 Å². The van der Waals surface area contributed by atoms with Gasteiger partial charge in [-0.3, -0.25) is 9.59 Å². The Morgan fingerprint density at radius 3 is 2.26 bits per heavy atom. The molecule has 5 heteroatoms. The molecule has 3 rings (SSSR count). The van der Waals surface area contributed by atoms with E-state index in [1.54, 1.807) is 0 Å². The number of rotatable bonds is 5. The van der Waals surface area contributed by atoms with Crippen molar-refractivity contribution in [1.29, 1.82) is 0 Å². The molecule has 2 aromatic carbocycles. The van der Waals surface area contributed by atoms with Gasteiger partial charge in [0.2, 0.25) is 5.91 Å². The van der Waals surface area contributed by atoms with Crippen LogP contribution in [0.25, 0.3) is 0 Å². The van der Waals surface area contributed by atoms with Gasteiger partial charge in [-0.05, 0) is 49.2 Å². The van der Waals surface area contributed by atoms with Crippen LogP contribution < -0.4 is 10.2 Å². The highest BCUT2D eigenvalue weighted by molar-refractivity contribution is 6.05. The molecule has 0 spiro atoms. The van der Waals surface area contributed by atoms with E-state index >= 15 is 0 Å². The zero-order chi connectivity index (χ0) is 19.2. The standard InChI is InChI=1S/C22H27N3O2/c1-3-6-21(26)25-15-13-24(14-16-25)19-11-9-18(10-12-19)23-22(27)20-8-5-4-7-17(20)2/h4-5,7-12H,3,6,13-16H2,1-2H3,(H,23,27). The third kappa shape index (κ3) is 4.67. The van der Waals surface area contributed by atoms with Crippen molar-refractivity contribution >= 4 is 23.2 Å². The normalized spacial score (nSPS) is 14.1. The highest BCUT2D eigenvalue weighted by atomic mass is 16.2. The van der Waals surface area contributed by atoms with E-state index in [4.69, 9.17) is 0 Å². The summed E-state index contributed by atoms with van der Waals surface area (Å²) in [5.41, 5.74) is 3.55. The first-order valence-electron chi connectivity index (χ1n) is 9.58. The Morgan fingerprint density at radius 1 is 0.963 bits per heavy atom. The highest BCUT2D eigenvalue weighted by Gasteiger charge is 2.20. The van der Waals surface area contributed by atoms with E-state index in [9.17, 15) is 9.59 Å².